The lowest BCUT2D eigenvalue weighted by atomic mass is 9.84. The second kappa shape index (κ2) is 9.43. The molecule has 1 saturated carbocycles. The third kappa shape index (κ3) is 7.43. The first-order chi connectivity index (χ1) is 10.4. The van der Waals surface area contributed by atoms with Gasteiger partial charge in [0.2, 0.25) is 11.8 Å². The Morgan fingerprint density at radius 3 is 2.41 bits per heavy atom. The molecule has 0 aromatic carbocycles. The number of nitrogens with zero attached hydrogens (tertiary/aromatic N) is 1. The number of carbonyl (C=O) groups is 3. The zero-order valence-corrected chi connectivity index (χ0v) is 13.6. The van der Waals surface area contributed by atoms with Gasteiger partial charge in [0, 0.05) is 26.4 Å². The van der Waals surface area contributed by atoms with Crippen LogP contribution in [-0.2, 0) is 14.4 Å². The normalized spacial score (nSPS) is 16.8. The SMILES string of the molecule is CC(=O)N(C)CC(=O)NC(CCC(=O)O)CC1CCCCC1. The van der Waals surface area contributed by atoms with Crippen molar-refractivity contribution in [2.45, 2.75) is 64.3 Å². The summed E-state index contributed by atoms with van der Waals surface area (Å²) in [6.07, 6.45) is 7.37. The maximum absolute atomic E-state index is 12.0. The van der Waals surface area contributed by atoms with E-state index in [0.29, 0.717) is 12.3 Å². The van der Waals surface area contributed by atoms with Gasteiger partial charge in [0.15, 0.2) is 0 Å². The number of amides is 2. The fourth-order valence-corrected chi connectivity index (χ4v) is 2.97. The molecule has 1 aliphatic rings. The van der Waals surface area contributed by atoms with E-state index in [1.165, 1.54) is 31.1 Å². The number of carboxylic acid groups (broad SMARTS) is 1. The summed E-state index contributed by atoms with van der Waals surface area (Å²) in [6, 6.07) is -0.118. The van der Waals surface area contributed by atoms with E-state index < -0.39 is 5.97 Å². The Labute approximate surface area is 132 Å². The van der Waals surface area contributed by atoms with Crippen molar-refractivity contribution in [3.8, 4) is 0 Å². The first-order valence-corrected chi connectivity index (χ1v) is 8.11. The van der Waals surface area contributed by atoms with Crippen molar-refractivity contribution >= 4 is 17.8 Å². The Morgan fingerprint density at radius 2 is 1.86 bits per heavy atom. The lowest BCUT2D eigenvalue weighted by molar-refractivity contribution is -0.137. The van der Waals surface area contributed by atoms with E-state index in [1.807, 2.05) is 0 Å². The lowest BCUT2D eigenvalue weighted by Gasteiger charge is -2.27. The van der Waals surface area contributed by atoms with Crippen molar-refractivity contribution in [1.29, 1.82) is 0 Å². The molecule has 1 atom stereocenters. The Morgan fingerprint density at radius 1 is 1.23 bits per heavy atom. The molecule has 2 amide bonds. The standard InChI is InChI=1S/C16H28N2O4/c1-12(19)18(2)11-15(20)17-14(8-9-16(21)22)10-13-6-4-3-5-7-13/h13-14H,3-11H2,1-2H3,(H,17,20)(H,21,22). The fraction of sp³-hybridized carbons (Fsp3) is 0.812. The molecule has 0 saturated heterocycles. The van der Waals surface area contributed by atoms with Crippen molar-refractivity contribution in [2.24, 2.45) is 5.92 Å². The molecule has 6 heteroatoms. The van der Waals surface area contributed by atoms with Crippen molar-refractivity contribution < 1.29 is 19.5 Å². The molecule has 0 aromatic heterocycles. The first-order valence-electron chi connectivity index (χ1n) is 8.11. The Balaban J connectivity index is 2.50. The largest absolute Gasteiger partial charge is 0.481 e. The van der Waals surface area contributed by atoms with E-state index in [4.69, 9.17) is 5.11 Å². The topological polar surface area (TPSA) is 86.7 Å². The molecule has 0 aliphatic heterocycles. The van der Waals surface area contributed by atoms with E-state index in [-0.39, 0.29) is 30.8 Å². The second-order valence-corrected chi connectivity index (χ2v) is 6.31. The molecule has 126 valence electrons. The molecule has 0 heterocycles. The maximum Gasteiger partial charge on any atom is 0.303 e. The van der Waals surface area contributed by atoms with Gasteiger partial charge < -0.3 is 15.3 Å². The van der Waals surface area contributed by atoms with E-state index in [0.717, 1.165) is 19.3 Å². The number of rotatable bonds is 8. The number of carbonyl (C=O) groups excluding carboxylic acids is 2. The molecule has 1 aliphatic carbocycles. The van der Waals surface area contributed by atoms with Crippen molar-refractivity contribution in [1.82, 2.24) is 10.2 Å². The van der Waals surface area contributed by atoms with Gasteiger partial charge >= 0.3 is 5.97 Å². The van der Waals surface area contributed by atoms with E-state index in [1.54, 1.807) is 7.05 Å². The minimum absolute atomic E-state index is 0.0174. The van der Waals surface area contributed by atoms with Crippen LogP contribution in [0.2, 0.25) is 0 Å². The fourth-order valence-electron chi connectivity index (χ4n) is 2.97. The molecule has 22 heavy (non-hydrogen) atoms. The quantitative estimate of drug-likeness (QED) is 0.715. The van der Waals surface area contributed by atoms with Gasteiger partial charge in [-0.25, -0.2) is 0 Å². The van der Waals surface area contributed by atoms with E-state index >= 15 is 0 Å². The summed E-state index contributed by atoms with van der Waals surface area (Å²) in [6.45, 7) is 1.43. The Hall–Kier alpha value is -1.59. The summed E-state index contributed by atoms with van der Waals surface area (Å²) in [5.41, 5.74) is 0. The van der Waals surface area contributed by atoms with Crippen molar-refractivity contribution in [3.05, 3.63) is 0 Å². The maximum atomic E-state index is 12.0. The minimum atomic E-state index is -0.844. The summed E-state index contributed by atoms with van der Waals surface area (Å²) in [7, 11) is 1.58. The van der Waals surface area contributed by atoms with E-state index in [2.05, 4.69) is 5.32 Å². The molecule has 0 spiro atoms. The van der Waals surface area contributed by atoms with Gasteiger partial charge in [-0.1, -0.05) is 32.1 Å². The van der Waals surface area contributed by atoms with Crippen LogP contribution >= 0.6 is 0 Å². The van der Waals surface area contributed by atoms with Crippen LogP contribution in [0.1, 0.15) is 58.3 Å². The molecule has 6 nitrogen and oxygen atoms in total. The zero-order chi connectivity index (χ0) is 16.5. The summed E-state index contributed by atoms with van der Waals surface area (Å²) in [4.78, 5) is 35.3. The van der Waals surface area contributed by atoms with Gasteiger partial charge in [-0.15, -0.1) is 0 Å². The molecule has 1 unspecified atom stereocenters. The van der Waals surface area contributed by atoms with Crippen LogP contribution in [0, 0.1) is 5.92 Å². The number of likely N-dealkylation sites (N-methyl/N-ethyl adjacent to an activating group) is 1. The van der Waals surface area contributed by atoms with Gasteiger partial charge in [0.1, 0.15) is 0 Å². The van der Waals surface area contributed by atoms with Crippen LogP contribution in [0.5, 0.6) is 0 Å². The van der Waals surface area contributed by atoms with Crippen LogP contribution in [-0.4, -0.2) is 47.4 Å². The summed E-state index contributed by atoms with van der Waals surface area (Å²) in [5, 5.41) is 11.8. The van der Waals surface area contributed by atoms with Gasteiger partial charge in [-0.2, -0.15) is 0 Å². The number of nitrogens with one attached hydrogen (secondary N) is 1. The van der Waals surface area contributed by atoms with Crippen molar-refractivity contribution in [2.75, 3.05) is 13.6 Å². The van der Waals surface area contributed by atoms with Gasteiger partial charge in [-0.3, -0.25) is 14.4 Å². The number of hydrogen-bond acceptors (Lipinski definition) is 3. The summed E-state index contributed by atoms with van der Waals surface area (Å²) in [5.74, 6) is -0.657. The number of carboxylic acids is 1. The number of hydrogen-bond donors (Lipinski definition) is 2. The average molecular weight is 312 g/mol. The van der Waals surface area contributed by atoms with Crippen LogP contribution < -0.4 is 5.32 Å². The monoisotopic (exact) mass is 312 g/mol. The third-order valence-electron chi connectivity index (χ3n) is 4.33. The van der Waals surface area contributed by atoms with Crippen LogP contribution in [0.3, 0.4) is 0 Å². The molecule has 1 fully saturated rings. The molecule has 0 aromatic rings. The first kappa shape index (κ1) is 18.5. The molecule has 0 radical (unpaired) electrons. The van der Waals surface area contributed by atoms with Crippen LogP contribution in [0.25, 0.3) is 0 Å². The lowest BCUT2D eigenvalue weighted by Crippen LogP contribution is -2.43. The highest BCUT2D eigenvalue weighted by Crippen LogP contribution is 2.28. The van der Waals surface area contributed by atoms with Gasteiger partial charge in [-0.05, 0) is 18.8 Å². The van der Waals surface area contributed by atoms with Gasteiger partial charge in [0.05, 0.1) is 6.54 Å². The molecule has 0 bridgehead atoms. The Kier molecular flexibility index (Phi) is 7.91. The summed E-state index contributed by atoms with van der Waals surface area (Å²) >= 11 is 0. The highest BCUT2D eigenvalue weighted by molar-refractivity contribution is 5.83. The van der Waals surface area contributed by atoms with E-state index in [9.17, 15) is 14.4 Å². The molecular weight excluding hydrogens is 284 g/mol. The number of aliphatic carboxylic acids is 1. The highest BCUT2D eigenvalue weighted by atomic mass is 16.4. The average Bonchev–Trinajstić information content (AvgIpc) is 2.45. The summed E-state index contributed by atoms with van der Waals surface area (Å²) < 4.78 is 0. The third-order valence-corrected chi connectivity index (χ3v) is 4.33. The smallest absolute Gasteiger partial charge is 0.303 e. The minimum Gasteiger partial charge on any atom is -0.481 e. The second-order valence-electron chi connectivity index (χ2n) is 6.31. The van der Waals surface area contributed by atoms with Crippen LogP contribution in [0.4, 0.5) is 0 Å². The predicted octanol–water partition coefficient (Wildman–Crippen LogP) is 1.78. The van der Waals surface area contributed by atoms with Crippen molar-refractivity contribution in [3.63, 3.8) is 0 Å². The predicted molar refractivity (Wildman–Crippen MR) is 83.3 cm³/mol. The molecule has 1 rings (SSSR count). The van der Waals surface area contributed by atoms with Crippen LogP contribution in [0.15, 0.2) is 0 Å². The molecule has 2 N–H and O–H groups in total. The highest BCUT2D eigenvalue weighted by Gasteiger charge is 2.21. The zero-order valence-electron chi connectivity index (χ0n) is 13.6. The van der Waals surface area contributed by atoms with Gasteiger partial charge in [0.25, 0.3) is 0 Å². The molecular formula is C16H28N2O4. The Bertz CT molecular complexity index is 392.